The van der Waals surface area contributed by atoms with Gasteiger partial charge in [-0.1, -0.05) is 28.2 Å². The van der Waals surface area contributed by atoms with Crippen LogP contribution in [0.2, 0.25) is 18.1 Å². The third kappa shape index (κ3) is 7.44. The van der Waals surface area contributed by atoms with Crippen molar-refractivity contribution in [3.63, 3.8) is 0 Å². The summed E-state index contributed by atoms with van der Waals surface area (Å²) in [6.45, 7) is 15.6. The lowest BCUT2D eigenvalue weighted by atomic mass is 10.2. The van der Waals surface area contributed by atoms with Crippen LogP contribution in [0, 0.1) is 0 Å². The number of aliphatic hydroxyl groups excluding tert-OH is 1. The molecule has 0 spiro atoms. The summed E-state index contributed by atoms with van der Waals surface area (Å²) in [4.78, 5) is 21.8. The van der Waals surface area contributed by atoms with Crippen molar-refractivity contribution in [1.82, 2.24) is 10.6 Å². The van der Waals surface area contributed by atoms with Gasteiger partial charge in [-0.15, -0.1) is 0 Å². The van der Waals surface area contributed by atoms with E-state index in [0.717, 1.165) is 0 Å². The molecule has 2 heterocycles. The number of carbonyl (C=O) groups excluding carboxylic acids is 2. The Morgan fingerprint density at radius 1 is 1.12 bits per heavy atom. The van der Waals surface area contributed by atoms with Gasteiger partial charge in [-0.05, 0) is 32.0 Å². The first kappa shape index (κ1) is 25.2. The molecule has 154 valence electrons. The maximum Gasteiger partial charge on any atom is 0.324 e. The lowest BCUT2D eigenvalue weighted by Gasteiger charge is -2.36. The first-order valence-electron chi connectivity index (χ1n) is 8.88. The van der Waals surface area contributed by atoms with Gasteiger partial charge in [0, 0.05) is 0 Å². The van der Waals surface area contributed by atoms with Crippen molar-refractivity contribution in [2.75, 3.05) is 19.8 Å². The Morgan fingerprint density at radius 2 is 1.65 bits per heavy atom. The van der Waals surface area contributed by atoms with E-state index < -0.39 is 8.32 Å². The number of carbonyl (C=O) groups is 2. The average Bonchev–Trinajstić information content (AvgIpc) is 3.37. The molecular formula is C18H38N2O5Si. The standard InChI is InChI=1S/C11H23NO2Si.C6H11NO3.CH4/c1-8(13)10-9(12-10)7-14-15(5,6)11(2,3)4;1-2-10-6(9)5-4(3-8)7-5;/h9-10,12H,7H2,1-6H3;4-5,7-8H,2-3H2,1H3;1H4/t9-,10-;4-,5+;/m11./s1. The van der Waals surface area contributed by atoms with Crippen LogP contribution in [0.15, 0.2) is 0 Å². The molecule has 0 aliphatic carbocycles. The Kier molecular flexibility index (Phi) is 9.63. The molecule has 3 N–H and O–H groups in total. The molecule has 0 aromatic heterocycles. The van der Waals surface area contributed by atoms with Gasteiger partial charge >= 0.3 is 5.97 Å². The second-order valence-electron chi connectivity index (χ2n) is 8.12. The summed E-state index contributed by atoms with van der Waals surface area (Å²) in [6.07, 6.45) is 0. The number of hydrogen-bond donors (Lipinski definition) is 3. The van der Waals surface area contributed by atoms with Crippen LogP contribution in [0.5, 0.6) is 0 Å². The molecule has 0 bridgehead atoms. The van der Waals surface area contributed by atoms with Crippen LogP contribution in [-0.2, 0) is 18.8 Å². The van der Waals surface area contributed by atoms with Crippen molar-refractivity contribution in [3.05, 3.63) is 0 Å². The summed E-state index contributed by atoms with van der Waals surface area (Å²) in [7, 11) is -1.64. The molecule has 0 radical (unpaired) electrons. The van der Waals surface area contributed by atoms with E-state index in [0.29, 0.717) is 13.2 Å². The maximum atomic E-state index is 11.0. The Balaban J connectivity index is 0.000000497. The second kappa shape index (κ2) is 9.94. The Labute approximate surface area is 159 Å². The van der Waals surface area contributed by atoms with Gasteiger partial charge in [0.15, 0.2) is 8.32 Å². The number of ketones is 1. The van der Waals surface area contributed by atoms with Crippen molar-refractivity contribution in [1.29, 1.82) is 0 Å². The van der Waals surface area contributed by atoms with Crippen LogP contribution >= 0.6 is 0 Å². The summed E-state index contributed by atoms with van der Waals surface area (Å²) in [5.74, 6) is -0.0413. The first-order chi connectivity index (χ1) is 11.4. The minimum absolute atomic E-state index is 0. The minimum Gasteiger partial charge on any atom is -0.465 e. The lowest BCUT2D eigenvalue weighted by molar-refractivity contribution is -0.142. The smallest absolute Gasteiger partial charge is 0.324 e. The fraction of sp³-hybridized carbons (Fsp3) is 0.889. The number of esters is 1. The predicted octanol–water partition coefficient (Wildman–Crippen LogP) is 1.46. The van der Waals surface area contributed by atoms with Crippen LogP contribution < -0.4 is 10.6 Å². The van der Waals surface area contributed by atoms with Gasteiger partial charge in [0.2, 0.25) is 0 Å². The summed E-state index contributed by atoms with van der Waals surface area (Å²) >= 11 is 0. The molecule has 2 saturated heterocycles. The predicted molar refractivity (Wildman–Crippen MR) is 106 cm³/mol. The maximum absolute atomic E-state index is 11.0. The minimum atomic E-state index is -1.64. The van der Waals surface area contributed by atoms with Crippen LogP contribution in [0.1, 0.15) is 42.0 Å². The largest absolute Gasteiger partial charge is 0.465 e. The van der Waals surface area contributed by atoms with E-state index in [1.54, 1.807) is 13.8 Å². The fourth-order valence-electron chi connectivity index (χ4n) is 2.03. The van der Waals surface area contributed by atoms with Crippen molar-refractivity contribution in [3.8, 4) is 0 Å². The van der Waals surface area contributed by atoms with Gasteiger partial charge in [-0.2, -0.15) is 0 Å². The summed E-state index contributed by atoms with van der Waals surface area (Å²) in [5, 5.41) is 14.7. The molecule has 0 saturated carbocycles. The first-order valence-corrected chi connectivity index (χ1v) is 11.8. The number of rotatable bonds is 7. The zero-order chi connectivity index (χ0) is 19.4. The van der Waals surface area contributed by atoms with Crippen LogP contribution in [0.3, 0.4) is 0 Å². The lowest BCUT2D eigenvalue weighted by Crippen LogP contribution is -2.42. The highest BCUT2D eigenvalue weighted by Crippen LogP contribution is 2.37. The van der Waals surface area contributed by atoms with E-state index in [9.17, 15) is 9.59 Å². The summed E-state index contributed by atoms with van der Waals surface area (Å²) < 4.78 is 10.7. The SMILES string of the molecule is C.CC(=O)[C@H]1N[C@@H]1CO[Si](C)(C)C(C)(C)C.CCOC(=O)[C@H]1N[C@@H]1CO. The molecule has 2 rings (SSSR count). The molecule has 26 heavy (non-hydrogen) atoms. The molecule has 0 unspecified atom stereocenters. The third-order valence-electron chi connectivity index (χ3n) is 4.98. The van der Waals surface area contributed by atoms with Crippen molar-refractivity contribution in [2.45, 2.75) is 84.3 Å². The molecule has 2 fully saturated rings. The van der Waals surface area contributed by atoms with Gasteiger partial charge in [-0.25, -0.2) is 0 Å². The summed E-state index contributed by atoms with van der Waals surface area (Å²) in [5.41, 5.74) is 0. The van der Waals surface area contributed by atoms with Crippen molar-refractivity contribution < 1.29 is 23.9 Å². The molecule has 2 aliphatic heterocycles. The van der Waals surface area contributed by atoms with E-state index >= 15 is 0 Å². The topological polar surface area (TPSA) is 117 Å². The van der Waals surface area contributed by atoms with Crippen LogP contribution in [0.25, 0.3) is 0 Å². The number of ether oxygens (including phenoxy) is 1. The molecule has 0 amide bonds. The average molecular weight is 391 g/mol. The monoisotopic (exact) mass is 390 g/mol. The number of nitrogens with one attached hydrogen (secondary N) is 2. The van der Waals surface area contributed by atoms with E-state index in [2.05, 4.69) is 49.2 Å². The van der Waals surface area contributed by atoms with Crippen molar-refractivity contribution >= 4 is 20.1 Å². The van der Waals surface area contributed by atoms with Gasteiger partial charge in [0.25, 0.3) is 0 Å². The molecule has 2 aliphatic rings. The molecular weight excluding hydrogens is 352 g/mol. The van der Waals surface area contributed by atoms with Gasteiger partial charge in [-0.3, -0.25) is 20.2 Å². The van der Waals surface area contributed by atoms with E-state index in [1.807, 2.05) is 0 Å². The Morgan fingerprint density at radius 3 is 2.00 bits per heavy atom. The molecule has 0 aromatic rings. The van der Waals surface area contributed by atoms with Crippen LogP contribution in [0.4, 0.5) is 0 Å². The van der Waals surface area contributed by atoms with Crippen LogP contribution in [-0.4, -0.2) is 69.2 Å². The quantitative estimate of drug-likeness (QED) is 0.342. The fourth-order valence-corrected chi connectivity index (χ4v) is 3.06. The second-order valence-corrected chi connectivity index (χ2v) is 12.9. The highest BCUT2D eigenvalue weighted by atomic mass is 28.4. The molecule has 7 nitrogen and oxygen atoms in total. The van der Waals surface area contributed by atoms with Crippen molar-refractivity contribution in [2.24, 2.45) is 0 Å². The number of Topliss-reactive ketones (excluding diaryl/α,β-unsaturated/α-hetero) is 1. The van der Waals surface area contributed by atoms with Gasteiger partial charge < -0.3 is 14.3 Å². The van der Waals surface area contributed by atoms with Gasteiger partial charge in [0.05, 0.1) is 37.9 Å². The molecule has 8 heteroatoms. The molecule has 0 aromatic carbocycles. The van der Waals surface area contributed by atoms with Gasteiger partial charge in [0.1, 0.15) is 11.8 Å². The zero-order valence-corrected chi connectivity index (χ0v) is 17.5. The third-order valence-corrected chi connectivity index (χ3v) is 9.48. The number of aliphatic hydroxyl groups is 1. The highest BCUT2D eigenvalue weighted by Gasteiger charge is 2.44. The highest BCUT2D eigenvalue weighted by molar-refractivity contribution is 6.74. The summed E-state index contributed by atoms with van der Waals surface area (Å²) in [6, 6.07) is -0.0182. The Bertz CT molecular complexity index is 479. The van der Waals surface area contributed by atoms with E-state index in [-0.39, 0.29) is 55.0 Å². The zero-order valence-electron chi connectivity index (χ0n) is 16.5. The van der Waals surface area contributed by atoms with E-state index in [4.69, 9.17) is 9.53 Å². The molecule has 4 atom stereocenters. The Hall–Kier alpha value is -0.803. The normalized spacial score (nSPS) is 26.8. The van der Waals surface area contributed by atoms with E-state index in [1.165, 1.54) is 0 Å². The number of hydrogen-bond acceptors (Lipinski definition) is 7.